The fourth-order valence-corrected chi connectivity index (χ4v) is 3.46. The van der Waals surface area contributed by atoms with Crippen LogP contribution in [0.15, 0.2) is 34.8 Å². The van der Waals surface area contributed by atoms with E-state index in [9.17, 15) is 4.79 Å². The summed E-state index contributed by atoms with van der Waals surface area (Å²) in [5, 5.41) is 2.96. The first-order chi connectivity index (χ1) is 9.10. The lowest BCUT2D eigenvalue weighted by Crippen LogP contribution is -2.22. The summed E-state index contributed by atoms with van der Waals surface area (Å²) in [6.45, 7) is 2.72. The number of rotatable bonds is 4. The van der Waals surface area contributed by atoms with Crippen LogP contribution in [0, 0.1) is 3.57 Å². The van der Waals surface area contributed by atoms with Crippen LogP contribution in [0.4, 0.5) is 0 Å². The Bertz CT molecular complexity index is 597. The zero-order valence-electron chi connectivity index (χ0n) is 10.4. The Morgan fingerprint density at radius 1 is 1.32 bits per heavy atom. The molecule has 2 aromatic rings. The second-order valence-corrected chi connectivity index (χ2v) is 7.38. The molecular formula is C14H13BrINOS. The number of carbonyl (C=O) groups is 1. The fraction of sp³-hybridized carbons (Fsp3) is 0.214. The van der Waals surface area contributed by atoms with E-state index in [1.54, 1.807) is 11.3 Å². The molecule has 1 N–H and O–H groups in total. The highest BCUT2D eigenvalue weighted by atomic mass is 127. The fourth-order valence-electron chi connectivity index (χ4n) is 1.64. The van der Waals surface area contributed by atoms with Crippen molar-refractivity contribution in [1.82, 2.24) is 5.32 Å². The SMILES string of the molecule is CCc1ccc(CNC(=O)c2cc(I)ccc2Br)s1. The minimum Gasteiger partial charge on any atom is -0.347 e. The molecular weight excluding hydrogens is 437 g/mol. The van der Waals surface area contributed by atoms with Gasteiger partial charge in [0.15, 0.2) is 0 Å². The van der Waals surface area contributed by atoms with Crippen LogP contribution in [-0.4, -0.2) is 5.91 Å². The topological polar surface area (TPSA) is 29.1 Å². The number of benzene rings is 1. The summed E-state index contributed by atoms with van der Waals surface area (Å²) in [6.07, 6.45) is 1.04. The normalized spacial score (nSPS) is 10.5. The molecule has 0 bridgehead atoms. The Morgan fingerprint density at radius 2 is 2.05 bits per heavy atom. The van der Waals surface area contributed by atoms with E-state index in [0.29, 0.717) is 12.1 Å². The number of halogens is 2. The molecule has 0 aliphatic heterocycles. The van der Waals surface area contributed by atoms with Gasteiger partial charge >= 0.3 is 0 Å². The molecule has 100 valence electrons. The van der Waals surface area contributed by atoms with Crippen LogP contribution in [0.5, 0.6) is 0 Å². The number of hydrogen-bond acceptors (Lipinski definition) is 2. The van der Waals surface area contributed by atoms with Gasteiger partial charge in [0.25, 0.3) is 5.91 Å². The molecule has 0 saturated carbocycles. The van der Waals surface area contributed by atoms with Crippen molar-refractivity contribution in [3.63, 3.8) is 0 Å². The lowest BCUT2D eigenvalue weighted by Gasteiger charge is -2.06. The summed E-state index contributed by atoms with van der Waals surface area (Å²) < 4.78 is 1.88. The van der Waals surface area contributed by atoms with Crippen LogP contribution < -0.4 is 5.32 Å². The van der Waals surface area contributed by atoms with Gasteiger partial charge < -0.3 is 5.32 Å². The summed E-state index contributed by atoms with van der Waals surface area (Å²) in [5.74, 6) is -0.0446. The maximum atomic E-state index is 12.1. The Balaban J connectivity index is 2.03. The van der Waals surface area contributed by atoms with E-state index in [-0.39, 0.29) is 5.91 Å². The molecule has 0 unspecified atom stereocenters. The smallest absolute Gasteiger partial charge is 0.252 e. The molecule has 1 aromatic heterocycles. The number of nitrogens with one attached hydrogen (secondary N) is 1. The predicted molar refractivity (Wildman–Crippen MR) is 91.7 cm³/mol. The number of amides is 1. The highest BCUT2D eigenvalue weighted by molar-refractivity contribution is 14.1. The molecule has 2 nitrogen and oxygen atoms in total. The maximum Gasteiger partial charge on any atom is 0.252 e. The van der Waals surface area contributed by atoms with E-state index in [1.807, 2.05) is 18.2 Å². The average Bonchev–Trinajstić information content (AvgIpc) is 2.87. The van der Waals surface area contributed by atoms with Crippen LogP contribution in [0.2, 0.25) is 0 Å². The van der Waals surface area contributed by atoms with Gasteiger partial charge in [-0.1, -0.05) is 6.92 Å². The molecule has 0 fully saturated rings. The lowest BCUT2D eigenvalue weighted by molar-refractivity contribution is 0.0950. The number of carbonyl (C=O) groups excluding carboxylic acids is 1. The van der Waals surface area contributed by atoms with Crippen molar-refractivity contribution in [2.45, 2.75) is 19.9 Å². The second-order valence-electron chi connectivity index (χ2n) is 4.03. The van der Waals surface area contributed by atoms with Gasteiger partial charge in [-0.05, 0) is 75.3 Å². The Kier molecular flexibility index (Phi) is 5.41. The molecule has 2 rings (SSSR count). The molecule has 19 heavy (non-hydrogen) atoms. The van der Waals surface area contributed by atoms with E-state index in [4.69, 9.17) is 0 Å². The summed E-state index contributed by atoms with van der Waals surface area (Å²) in [6, 6.07) is 9.94. The highest BCUT2D eigenvalue weighted by Crippen LogP contribution is 2.20. The van der Waals surface area contributed by atoms with Crippen molar-refractivity contribution >= 4 is 55.8 Å². The lowest BCUT2D eigenvalue weighted by atomic mass is 10.2. The molecule has 5 heteroatoms. The molecule has 0 aliphatic carbocycles. The van der Waals surface area contributed by atoms with Gasteiger partial charge in [-0.3, -0.25) is 4.79 Å². The third-order valence-corrected chi connectivity index (χ3v) is 5.25. The number of hydrogen-bond donors (Lipinski definition) is 1. The molecule has 0 saturated heterocycles. The first-order valence-corrected chi connectivity index (χ1v) is 8.60. The van der Waals surface area contributed by atoms with Gasteiger partial charge in [0.1, 0.15) is 0 Å². The zero-order chi connectivity index (χ0) is 13.8. The molecule has 1 amide bonds. The van der Waals surface area contributed by atoms with Crippen molar-refractivity contribution < 1.29 is 4.79 Å². The van der Waals surface area contributed by atoms with E-state index >= 15 is 0 Å². The molecule has 0 radical (unpaired) electrons. The Labute approximate surface area is 138 Å². The standard InChI is InChI=1S/C14H13BrINOS/c1-2-10-4-5-11(19-10)8-17-14(18)12-7-9(16)3-6-13(12)15/h3-7H,2,8H2,1H3,(H,17,18). The predicted octanol–water partition coefficient (Wildman–Crippen LogP) is 4.61. The van der Waals surface area contributed by atoms with Crippen LogP contribution in [0.1, 0.15) is 27.0 Å². The summed E-state index contributed by atoms with van der Waals surface area (Å²) >= 11 is 7.37. The second kappa shape index (κ2) is 6.85. The van der Waals surface area contributed by atoms with Gasteiger partial charge in [0.2, 0.25) is 0 Å². The van der Waals surface area contributed by atoms with Crippen LogP contribution in [-0.2, 0) is 13.0 Å². The number of thiophene rings is 1. The van der Waals surface area contributed by atoms with Crippen molar-refractivity contribution in [3.05, 3.63) is 53.7 Å². The minimum absolute atomic E-state index is 0.0446. The summed E-state index contributed by atoms with van der Waals surface area (Å²) in [7, 11) is 0. The molecule has 0 spiro atoms. The third-order valence-electron chi connectivity index (χ3n) is 2.66. The Hall–Kier alpha value is -0.400. The van der Waals surface area contributed by atoms with Crippen LogP contribution in [0.25, 0.3) is 0 Å². The molecule has 1 aromatic carbocycles. The first kappa shape index (κ1) is 15.0. The maximum absolute atomic E-state index is 12.1. The summed E-state index contributed by atoms with van der Waals surface area (Å²) in [4.78, 5) is 14.7. The van der Waals surface area contributed by atoms with Crippen LogP contribution >= 0.6 is 49.9 Å². The van der Waals surface area contributed by atoms with Crippen LogP contribution in [0.3, 0.4) is 0 Å². The van der Waals surface area contributed by atoms with E-state index < -0.39 is 0 Å². The minimum atomic E-state index is -0.0446. The zero-order valence-corrected chi connectivity index (χ0v) is 14.9. The van der Waals surface area contributed by atoms with Gasteiger partial charge in [0.05, 0.1) is 12.1 Å². The van der Waals surface area contributed by atoms with E-state index in [2.05, 4.69) is 62.9 Å². The Morgan fingerprint density at radius 3 is 2.74 bits per heavy atom. The van der Waals surface area contributed by atoms with Gasteiger partial charge in [0, 0.05) is 17.8 Å². The highest BCUT2D eigenvalue weighted by Gasteiger charge is 2.10. The van der Waals surface area contributed by atoms with Crippen molar-refractivity contribution in [2.75, 3.05) is 0 Å². The van der Waals surface area contributed by atoms with Crippen molar-refractivity contribution in [2.24, 2.45) is 0 Å². The monoisotopic (exact) mass is 449 g/mol. The molecule has 1 heterocycles. The quantitative estimate of drug-likeness (QED) is 0.678. The number of aryl methyl sites for hydroxylation is 1. The largest absolute Gasteiger partial charge is 0.347 e. The first-order valence-electron chi connectivity index (χ1n) is 5.91. The van der Waals surface area contributed by atoms with Gasteiger partial charge in [-0.15, -0.1) is 11.3 Å². The van der Waals surface area contributed by atoms with E-state index in [0.717, 1.165) is 14.5 Å². The molecule has 0 atom stereocenters. The van der Waals surface area contributed by atoms with E-state index in [1.165, 1.54) is 9.75 Å². The van der Waals surface area contributed by atoms with Gasteiger partial charge in [-0.25, -0.2) is 0 Å². The van der Waals surface area contributed by atoms with Gasteiger partial charge in [-0.2, -0.15) is 0 Å². The molecule has 0 aliphatic rings. The summed E-state index contributed by atoms with van der Waals surface area (Å²) in [5.41, 5.74) is 0.680. The van der Waals surface area contributed by atoms with Crippen molar-refractivity contribution in [3.8, 4) is 0 Å². The van der Waals surface area contributed by atoms with Crippen molar-refractivity contribution in [1.29, 1.82) is 0 Å². The third kappa shape index (κ3) is 4.03. The average molecular weight is 450 g/mol.